The molecular formula is C12H19N. The Hall–Kier alpha value is -0.720. The summed E-state index contributed by atoms with van der Waals surface area (Å²) in [5.74, 6) is 0.856. The van der Waals surface area contributed by atoms with Crippen molar-refractivity contribution in [2.45, 2.75) is 44.9 Å². The molecule has 0 radical (unpaired) electrons. The molecule has 1 aromatic rings. The van der Waals surface area contributed by atoms with Gasteiger partial charge in [0.15, 0.2) is 0 Å². The lowest BCUT2D eigenvalue weighted by Crippen LogP contribution is -2.05. The highest BCUT2D eigenvalue weighted by atomic mass is 14.9. The van der Waals surface area contributed by atoms with E-state index in [1.807, 2.05) is 0 Å². The maximum atomic E-state index is 2.31. The molecule has 0 bridgehead atoms. The lowest BCUT2D eigenvalue weighted by Gasteiger charge is -2.21. The van der Waals surface area contributed by atoms with Gasteiger partial charge in [-0.3, -0.25) is 0 Å². The first-order chi connectivity index (χ1) is 6.29. The van der Waals surface area contributed by atoms with E-state index < -0.39 is 0 Å². The largest absolute Gasteiger partial charge is 0.354 e. The highest BCUT2D eigenvalue weighted by molar-refractivity contribution is 5.25. The Kier molecular flexibility index (Phi) is 2.43. The molecule has 0 aromatic carbocycles. The van der Waals surface area contributed by atoms with E-state index in [1.54, 1.807) is 5.56 Å². The van der Waals surface area contributed by atoms with E-state index in [1.165, 1.54) is 37.8 Å². The van der Waals surface area contributed by atoms with Gasteiger partial charge in [0.2, 0.25) is 0 Å². The molecule has 1 heteroatoms. The predicted octanol–water partition coefficient (Wildman–Crippen LogP) is 3.38. The Labute approximate surface area is 80.8 Å². The van der Waals surface area contributed by atoms with Crippen molar-refractivity contribution in [3.63, 3.8) is 0 Å². The summed E-state index contributed by atoms with van der Waals surface area (Å²) in [6, 6.07) is 2.31. The lowest BCUT2D eigenvalue weighted by molar-refractivity contribution is 0.442. The number of aromatic nitrogens is 1. The average Bonchev–Trinajstić information content (AvgIpc) is 2.49. The number of rotatable bonds is 1. The van der Waals surface area contributed by atoms with Crippen molar-refractivity contribution >= 4 is 0 Å². The highest BCUT2D eigenvalue weighted by Crippen LogP contribution is 2.34. The van der Waals surface area contributed by atoms with Crippen LogP contribution in [0.3, 0.4) is 0 Å². The fraction of sp³-hybridized carbons (Fsp3) is 0.667. The minimum absolute atomic E-state index is 0.856. The molecule has 1 aliphatic carbocycles. The molecular weight excluding hydrogens is 158 g/mol. The van der Waals surface area contributed by atoms with Crippen LogP contribution in [0.5, 0.6) is 0 Å². The summed E-state index contributed by atoms with van der Waals surface area (Å²) in [6.45, 7) is 2.24. The molecule has 72 valence electrons. The van der Waals surface area contributed by atoms with E-state index in [-0.39, 0.29) is 0 Å². The molecule has 1 saturated carbocycles. The first kappa shape index (κ1) is 8.86. The molecule has 1 aliphatic rings. The van der Waals surface area contributed by atoms with Gasteiger partial charge in [0.25, 0.3) is 0 Å². The Balaban J connectivity index is 2.18. The second-order valence-corrected chi connectivity index (χ2v) is 4.30. The Bertz CT molecular complexity index is 279. The molecule has 0 spiro atoms. The smallest absolute Gasteiger partial charge is 0.0175 e. The third-order valence-electron chi connectivity index (χ3n) is 3.47. The van der Waals surface area contributed by atoms with Crippen molar-refractivity contribution in [3.05, 3.63) is 23.5 Å². The van der Waals surface area contributed by atoms with Crippen molar-refractivity contribution in [3.8, 4) is 0 Å². The zero-order valence-corrected chi connectivity index (χ0v) is 8.71. The molecule has 1 aromatic heterocycles. The first-order valence-electron chi connectivity index (χ1n) is 5.41. The van der Waals surface area contributed by atoms with Crippen LogP contribution in [0.2, 0.25) is 0 Å². The molecule has 1 heterocycles. The van der Waals surface area contributed by atoms with Crippen LogP contribution in [0.25, 0.3) is 0 Å². The monoisotopic (exact) mass is 177 g/mol. The molecule has 0 N–H and O–H groups in total. The Morgan fingerprint density at radius 3 is 2.46 bits per heavy atom. The Morgan fingerprint density at radius 2 is 1.92 bits per heavy atom. The van der Waals surface area contributed by atoms with Gasteiger partial charge in [-0.1, -0.05) is 19.3 Å². The SMILES string of the molecule is Cc1c(C2CCCCC2)ccn1C. The molecule has 2 rings (SSSR count). The summed E-state index contributed by atoms with van der Waals surface area (Å²) in [6.07, 6.45) is 9.31. The molecule has 0 saturated heterocycles. The fourth-order valence-corrected chi connectivity index (χ4v) is 2.47. The minimum Gasteiger partial charge on any atom is -0.354 e. The van der Waals surface area contributed by atoms with E-state index in [0.717, 1.165) is 5.92 Å². The molecule has 0 amide bonds. The molecule has 0 atom stereocenters. The summed E-state index contributed by atoms with van der Waals surface area (Å²) < 4.78 is 2.24. The van der Waals surface area contributed by atoms with E-state index in [0.29, 0.717) is 0 Å². The number of hydrogen-bond donors (Lipinski definition) is 0. The van der Waals surface area contributed by atoms with E-state index >= 15 is 0 Å². The zero-order chi connectivity index (χ0) is 9.26. The van der Waals surface area contributed by atoms with Gasteiger partial charge >= 0.3 is 0 Å². The lowest BCUT2D eigenvalue weighted by atomic mass is 9.84. The van der Waals surface area contributed by atoms with Crippen LogP contribution in [-0.4, -0.2) is 4.57 Å². The van der Waals surface area contributed by atoms with E-state index in [4.69, 9.17) is 0 Å². The van der Waals surface area contributed by atoms with Crippen LogP contribution < -0.4 is 0 Å². The van der Waals surface area contributed by atoms with E-state index in [2.05, 4.69) is 30.8 Å². The highest BCUT2D eigenvalue weighted by Gasteiger charge is 2.18. The van der Waals surface area contributed by atoms with Crippen molar-refractivity contribution < 1.29 is 0 Å². The quantitative estimate of drug-likeness (QED) is 0.619. The standard InChI is InChI=1S/C12H19N/c1-10-12(8-9-13(10)2)11-6-4-3-5-7-11/h8-9,11H,3-7H2,1-2H3. The first-order valence-corrected chi connectivity index (χ1v) is 5.41. The average molecular weight is 177 g/mol. The normalized spacial score (nSPS) is 19.2. The topological polar surface area (TPSA) is 4.93 Å². The van der Waals surface area contributed by atoms with Crippen molar-refractivity contribution in [2.24, 2.45) is 7.05 Å². The zero-order valence-electron chi connectivity index (χ0n) is 8.71. The maximum absolute atomic E-state index is 2.31. The van der Waals surface area contributed by atoms with Gasteiger partial charge in [0.1, 0.15) is 0 Å². The van der Waals surface area contributed by atoms with Gasteiger partial charge < -0.3 is 4.57 Å². The second kappa shape index (κ2) is 3.57. The molecule has 1 fully saturated rings. The van der Waals surface area contributed by atoms with Crippen molar-refractivity contribution in [1.29, 1.82) is 0 Å². The molecule has 0 unspecified atom stereocenters. The molecule has 0 aliphatic heterocycles. The molecule has 13 heavy (non-hydrogen) atoms. The maximum Gasteiger partial charge on any atom is 0.0175 e. The summed E-state index contributed by atoms with van der Waals surface area (Å²) in [4.78, 5) is 0. The van der Waals surface area contributed by atoms with Crippen LogP contribution in [0.15, 0.2) is 12.3 Å². The number of hydrogen-bond acceptors (Lipinski definition) is 0. The van der Waals surface area contributed by atoms with E-state index in [9.17, 15) is 0 Å². The van der Waals surface area contributed by atoms with Gasteiger partial charge in [-0.2, -0.15) is 0 Å². The van der Waals surface area contributed by atoms with Crippen LogP contribution in [0.1, 0.15) is 49.3 Å². The summed E-state index contributed by atoms with van der Waals surface area (Å²) in [7, 11) is 2.14. The molecule has 1 nitrogen and oxygen atoms in total. The van der Waals surface area contributed by atoms with Gasteiger partial charge in [0.05, 0.1) is 0 Å². The summed E-state index contributed by atoms with van der Waals surface area (Å²) in [5.41, 5.74) is 3.06. The third-order valence-corrected chi connectivity index (χ3v) is 3.47. The van der Waals surface area contributed by atoms with Crippen LogP contribution >= 0.6 is 0 Å². The van der Waals surface area contributed by atoms with Crippen LogP contribution in [-0.2, 0) is 7.05 Å². The van der Waals surface area contributed by atoms with Gasteiger partial charge in [-0.25, -0.2) is 0 Å². The number of nitrogens with zero attached hydrogens (tertiary/aromatic N) is 1. The third kappa shape index (κ3) is 1.65. The van der Waals surface area contributed by atoms with Crippen molar-refractivity contribution in [1.82, 2.24) is 4.57 Å². The second-order valence-electron chi connectivity index (χ2n) is 4.30. The Morgan fingerprint density at radius 1 is 1.23 bits per heavy atom. The van der Waals surface area contributed by atoms with Gasteiger partial charge in [-0.05, 0) is 37.3 Å². The van der Waals surface area contributed by atoms with Crippen molar-refractivity contribution in [2.75, 3.05) is 0 Å². The number of aryl methyl sites for hydroxylation is 1. The van der Waals surface area contributed by atoms with Crippen LogP contribution in [0.4, 0.5) is 0 Å². The fourth-order valence-electron chi connectivity index (χ4n) is 2.47. The van der Waals surface area contributed by atoms with Crippen LogP contribution in [0, 0.1) is 6.92 Å². The minimum atomic E-state index is 0.856. The predicted molar refractivity (Wildman–Crippen MR) is 56.0 cm³/mol. The van der Waals surface area contributed by atoms with Gasteiger partial charge in [-0.15, -0.1) is 0 Å². The summed E-state index contributed by atoms with van der Waals surface area (Å²) >= 11 is 0. The summed E-state index contributed by atoms with van der Waals surface area (Å²) in [5, 5.41) is 0. The van der Waals surface area contributed by atoms with Gasteiger partial charge in [0, 0.05) is 18.9 Å².